The molecule has 24 heavy (non-hydrogen) atoms. The van der Waals surface area contributed by atoms with Gasteiger partial charge in [-0.3, -0.25) is 9.97 Å². The summed E-state index contributed by atoms with van der Waals surface area (Å²) in [5.41, 5.74) is 2.62. The molecule has 0 aromatic carbocycles. The summed E-state index contributed by atoms with van der Waals surface area (Å²) in [4.78, 5) is 8.03. The molecular formula is C18H24N2O2S2. The van der Waals surface area contributed by atoms with Crippen LogP contribution < -0.4 is 0 Å². The monoisotopic (exact) mass is 364 g/mol. The number of thioether (sulfide) groups is 2. The molecule has 0 amide bonds. The molecule has 2 aromatic heterocycles. The van der Waals surface area contributed by atoms with Gasteiger partial charge in [0.05, 0.1) is 26.4 Å². The maximum atomic E-state index is 5.58. The molecule has 0 atom stereocenters. The molecule has 0 radical (unpaired) electrons. The number of hydrogen-bond acceptors (Lipinski definition) is 6. The van der Waals surface area contributed by atoms with Crippen LogP contribution in [-0.2, 0) is 21.0 Å². The Hall–Kier alpha value is -1.08. The van der Waals surface area contributed by atoms with Crippen molar-refractivity contribution in [1.82, 2.24) is 9.97 Å². The lowest BCUT2D eigenvalue weighted by molar-refractivity contribution is 0.0605. The average molecular weight is 365 g/mol. The number of nitrogens with zero attached hydrogens (tertiary/aromatic N) is 2. The zero-order chi connectivity index (χ0) is 16.7. The zero-order valence-electron chi connectivity index (χ0n) is 13.8. The summed E-state index contributed by atoms with van der Waals surface area (Å²) in [5.74, 6) is 4.03. The molecular weight excluding hydrogens is 340 g/mol. The zero-order valence-corrected chi connectivity index (χ0v) is 15.4. The normalized spacial score (nSPS) is 10.8. The first-order chi connectivity index (χ1) is 11.9. The van der Waals surface area contributed by atoms with Crippen molar-refractivity contribution in [3.8, 4) is 0 Å². The number of ether oxygens (including phenoxy) is 2. The summed E-state index contributed by atoms with van der Waals surface area (Å²) >= 11 is 3.76. The summed E-state index contributed by atoms with van der Waals surface area (Å²) in [7, 11) is 0. The predicted molar refractivity (Wildman–Crippen MR) is 102 cm³/mol. The number of rotatable bonds is 13. The lowest BCUT2D eigenvalue weighted by Gasteiger charge is -2.06. The lowest BCUT2D eigenvalue weighted by atomic mass is 10.3. The maximum Gasteiger partial charge on any atom is 0.0700 e. The van der Waals surface area contributed by atoms with E-state index in [-0.39, 0.29) is 0 Å². The molecule has 130 valence electrons. The summed E-state index contributed by atoms with van der Waals surface area (Å²) in [6.07, 6.45) is 7.33. The highest BCUT2D eigenvalue weighted by Crippen LogP contribution is 2.11. The standard InChI is InChI=1S/C18H24N2O2S2/c1-5-19-6-2-17(1)15-23-13-11-21-9-10-22-12-14-24-16-18-3-7-20-8-4-18/h1-8H,9-16H2. The first kappa shape index (κ1) is 19.2. The van der Waals surface area contributed by atoms with Crippen LogP contribution in [0.1, 0.15) is 11.1 Å². The minimum Gasteiger partial charge on any atom is -0.378 e. The van der Waals surface area contributed by atoms with Crippen LogP contribution in [-0.4, -0.2) is 47.9 Å². The summed E-state index contributed by atoms with van der Waals surface area (Å²) in [5, 5.41) is 0. The van der Waals surface area contributed by atoms with E-state index < -0.39 is 0 Å². The van der Waals surface area contributed by atoms with Crippen LogP contribution in [0, 0.1) is 0 Å². The highest BCUT2D eigenvalue weighted by molar-refractivity contribution is 7.98. The van der Waals surface area contributed by atoms with E-state index in [2.05, 4.69) is 9.97 Å². The van der Waals surface area contributed by atoms with Gasteiger partial charge >= 0.3 is 0 Å². The second-order valence-electron chi connectivity index (χ2n) is 5.04. The Balaban J connectivity index is 1.32. The van der Waals surface area contributed by atoms with Crippen molar-refractivity contribution >= 4 is 23.5 Å². The van der Waals surface area contributed by atoms with Gasteiger partial charge in [0.1, 0.15) is 0 Å². The van der Waals surface area contributed by atoms with Gasteiger partial charge in [-0.2, -0.15) is 23.5 Å². The van der Waals surface area contributed by atoms with E-state index in [1.165, 1.54) is 11.1 Å². The molecule has 0 spiro atoms. The molecule has 2 aromatic rings. The summed E-state index contributed by atoms with van der Waals surface area (Å²) in [6, 6.07) is 8.20. The third-order valence-corrected chi connectivity index (χ3v) is 5.14. The second kappa shape index (κ2) is 13.2. The fourth-order valence-electron chi connectivity index (χ4n) is 1.90. The Kier molecular flexibility index (Phi) is 10.6. The molecule has 2 rings (SSSR count). The molecule has 0 aliphatic rings. The van der Waals surface area contributed by atoms with Crippen molar-refractivity contribution in [2.75, 3.05) is 37.9 Å². The molecule has 0 fully saturated rings. The van der Waals surface area contributed by atoms with Crippen molar-refractivity contribution in [3.05, 3.63) is 60.2 Å². The second-order valence-corrected chi connectivity index (χ2v) is 7.25. The summed E-state index contributed by atoms with van der Waals surface area (Å²) < 4.78 is 11.2. The van der Waals surface area contributed by atoms with E-state index in [0.717, 1.165) is 36.2 Å². The van der Waals surface area contributed by atoms with Gasteiger partial charge in [-0.05, 0) is 35.4 Å². The highest BCUT2D eigenvalue weighted by Gasteiger charge is 1.95. The molecule has 0 saturated carbocycles. The topological polar surface area (TPSA) is 44.2 Å². The summed E-state index contributed by atoms with van der Waals surface area (Å²) in [6.45, 7) is 2.89. The quantitative estimate of drug-likeness (QED) is 0.505. The van der Waals surface area contributed by atoms with E-state index in [0.29, 0.717) is 13.2 Å². The predicted octanol–water partition coefficient (Wildman–Crippen LogP) is 3.68. The van der Waals surface area contributed by atoms with Crippen molar-refractivity contribution < 1.29 is 9.47 Å². The van der Waals surface area contributed by atoms with Crippen molar-refractivity contribution in [2.24, 2.45) is 0 Å². The van der Waals surface area contributed by atoms with Crippen LogP contribution in [0.4, 0.5) is 0 Å². The van der Waals surface area contributed by atoms with Gasteiger partial charge in [-0.25, -0.2) is 0 Å². The lowest BCUT2D eigenvalue weighted by Crippen LogP contribution is -2.08. The molecule has 2 heterocycles. The molecule has 0 aliphatic heterocycles. The average Bonchev–Trinajstić information content (AvgIpc) is 2.64. The van der Waals surface area contributed by atoms with E-state index in [4.69, 9.17) is 9.47 Å². The van der Waals surface area contributed by atoms with E-state index in [1.54, 1.807) is 0 Å². The first-order valence-electron chi connectivity index (χ1n) is 8.04. The highest BCUT2D eigenvalue weighted by atomic mass is 32.2. The van der Waals surface area contributed by atoms with Crippen LogP contribution in [0.15, 0.2) is 49.1 Å². The minimum absolute atomic E-state index is 0.671. The fraction of sp³-hybridized carbons (Fsp3) is 0.444. The van der Waals surface area contributed by atoms with Crippen LogP contribution in [0.2, 0.25) is 0 Å². The van der Waals surface area contributed by atoms with Crippen LogP contribution in [0.5, 0.6) is 0 Å². The van der Waals surface area contributed by atoms with Gasteiger partial charge in [0.15, 0.2) is 0 Å². The van der Waals surface area contributed by atoms with Crippen LogP contribution >= 0.6 is 23.5 Å². The van der Waals surface area contributed by atoms with E-state index in [1.807, 2.05) is 72.6 Å². The minimum atomic E-state index is 0.671. The molecule has 0 saturated heterocycles. The fourth-order valence-corrected chi connectivity index (χ4v) is 3.51. The number of aromatic nitrogens is 2. The Bertz CT molecular complexity index is 480. The Morgan fingerprint density at radius 2 is 1.04 bits per heavy atom. The van der Waals surface area contributed by atoms with E-state index >= 15 is 0 Å². The smallest absolute Gasteiger partial charge is 0.0700 e. The molecule has 4 nitrogen and oxygen atoms in total. The molecule has 0 bridgehead atoms. The van der Waals surface area contributed by atoms with Crippen LogP contribution in [0.3, 0.4) is 0 Å². The maximum absolute atomic E-state index is 5.58. The van der Waals surface area contributed by atoms with Crippen molar-refractivity contribution in [3.63, 3.8) is 0 Å². The van der Waals surface area contributed by atoms with Gasteiger partial charge < -0.3 is 9.47 Å². The van der Waals surface area contributed by atoms with Gasteiger partial charge in [-0.1, -0.05) is 0 Å². The largest absolute Gasteiger partial charge is 0.378 e. The molecule has 0 aliphatic carbocycles. The van der Waals surface area contributed by atoms with Crippen LogP contribution in [0.25, 0.3) is 0 Å². The van der Waals surface area contributed by atoms with Gasteiger partial charge in [0, 0.05) is 47.8 Å². The third-order valence-electron chi connectivity index (χ3n) is 3.15. The molecule has 0 N–H and O–H groups in total. The molecule has 6 heteroatoms. The van der Waals surface area contributed by atoms with Gasteiger partial charge in [-0.15, -0.1) is 0 Å². The number of pyridine rings is 2. The molecule has 0 unspecified atom stereocenters. The van der Waals surface area contributed by atoms with Gasteiger partial charge in [0.25, 0.3) is 0 Å². The third kappa shape index (κ3) is 9.27. The first-order valence-corrected chi connectivity index (χ1v) is 10.3. The van der Waals surface area contributed by atoms with E-state index in [9.17, 15) is 0 Å². The SMILES string of the molecule is c1cc(CSCCOCCOCCSCc2ccncc2)ccn1. The van der Waals surface area contributed by atoms with Crippen molar-refractivity contribution in [1.29, 1.82) is 0 Å². The van der Waals surface area contributed by atoms with Crippen molar-refractivity contribution in [2.45, 2.75) is 11.5 Å². The Morgan fingerprint density at radius 3 is 1.46 bits per heavy atom. The number of hydrogen-bond donors (Lipinski definition) is 0. The Labute approximate surface area is 152 Å². The Morgan fingerprint density at radius 1 is 0.625 bits per heavy atom. The van der Waals surface area contributed by atoms with Gasteiger partial charge in [0.2, 0.25) is 0 Å².